The molecule has 0 radical (unpaired) electrons. The predicted molar refractivity (Wildman–Crippen MR) is 88.5 cm³/mol. The van der Waals surface area contributed by atoms with Gasteiger partial charge in [-0.15, -0.1) is 0 Å². The van der Waals surface area contributed by atoms with Crippen molar-refractivity contribution in [3.05, 3.63) is 53.5 Å². The highest BCUT2D eigenvalue weighted by Gasteiger charge is 2.30. The van der Waals surface area contributed by atoms with Crippen LogP contribution >= 0.6 is 0 Å². The predicted octanol–water partition coefficient (Wildman–Crippen LogP) is 1.15. The monoisotopic (exact) mass is 326 g/mol. The average molecular weight is 326 g/mol. The number of anilines is 1. The van der Waals surface area contributed by atoms with Crippen LogP contribution in [0.3, 0.4) is 0 Å². The number of nitrogens with one attached hydrogen (secondary N) is 1. The van der Waals surface area contributed by atoms with Gasteiger partial charge in [0.05, 0.1) is 24.5 Å². The number of β-amino-alcohol motifs (C(OH)–C–C–N with tert-alkyl or cyclic N) is 1. The first-order chi connectivity index (χ1) is 11.5. The minimum absolute atomic E-state index is 0.00376. The molecule has 0 saturated carbocycles. The van der Waals surface area contributed by atoms with Crippen LogP contribution in [0.5, 0.6) is 0 Å². The molecule has 24 heavy (non-hydrogen) atoms. The van der Waals surface area contributed by atoms with E-state index in [4.69, 9.17) is 5.11 Å². The highest BCUT2D eigenvalue weighted by atomic mass is 16.3. The minimum Gasteiger partial charge on any atom is -0.395 e. The van der Waals surface area contributed by atoms with Gasteiger partial charge in [0.25, 0.3) is 11.8 Å². The summed E-state index contributed by atoms with van der Waals surface area (Å²) in [5.74, 6) is -0.854. The normalized spacial score (nSPS) is 14.3. The molecule has 0 unspecified atom stereocenters. The zero-order valence-corrected chi connectivity index (χ0v) is 13.5. The van der Waals surface area contributed by atoms with Gasteiger partial charge in [0.15, 0.2) is 0 Å². The molecule has 1 aliphatic rings. The van der Waals surface area contributed by atoms with E-state index in [1.165, 1.54) is 6.08 Å². The second-order valence-corrected chi connectivity index (χ2v) is 5.59. The molecule has 3 rings (SSSR count). The molecule has 124 valence electrons. The molecule has 0 fully saturated rings. The van der Waals surface area contributed by atoms with Gasteiger partial charge in [-0.2, -0.15) is 5.10 Å². The lowest BCUT2D eigenvalue weighted by Crippen LogP contribution is -2.34. The second kappa shape index (κ2) is 6.29. The first-order valence-corrected chi connectivity index (χ1v) is 7.58. The molecule has 2 amide bonds. The van der Waals surface area contributed by atoms with E-state index in [0.717, 1.165) is 22.0 Å². The number of hydrogen-bond donors (Lipinski definition) is 2. The highest BCUT2D eigenvalue weighted by molar-refractivity contribution is 6.17. The van der Waals surface area contributed by atoms with Gasteiger partial charge >= 0.3 is 0 Å². The molecule has 0 spiro atoms. The Hall–Kier alpha value is -2.93. The topological polar surface area (TPSA) is 87.5 Å². The zero-order valence-electron chi connectivity index (χ0n) is 13.5. The van der Waals surface area contributed by atoms with Gasteiger partial charge in [0.1, 0.15) is 5.70 Å². The number of imide groups is 1. The molecule has 1 aromatic heterocycles. The number of aliphatic hydroxyl groups excluding tert-OH is 1. The van der Waals surface area contributed by atoms with E-state index in [1.54, 1.807) is 0 Å². The van der Waals surface area contributed by atoms with Crippen LogP contribution in [0, 0.1) is 13.8 Å². The molecular formula is C17H18N4O3. The van der Waals surface area contributed by atoms with Gasteiger partial charge in [-0.25, -0.2) is 4.68 Å². The van der Waals surface area contributed by atoms with E-state index < -0.39 is 11.8 Å². The number of amides is 2. The Balaban J connectivity index is 1.76. The average Bonchev–Trinajstić information content (AvgIpc) is 3.02. The van der Waals surface area contributed by atoms with Gasteiger partial charge in [0.2, 0.25) is 0 Å². The number of aryl methyl sites for hydroxylation is 2. The molecule has 7 nitrogen and oxygen atoms in total. The fraction of sp³-hybridized carbons (Fsp3) is 0.235. The second-order valence-electron chi connectivity index (χ2n) is 5.59. The van der Waals surface area contributed by atoms with Crippen molar-refractivity contribution in [3.63, 3.8) is 0 Å². The molecule has 2 aromatic rings. The van der Waals surface area contributed by atoms with Gasteiger partial charge in [-0.3, -0.25) is 14.5 Å². The SMILES string of the molecule is Cc1cc(C)n(-c2ccc(NC3=CC(=O)N(CCO)C3=O)cc2)n1. The van der Waals surface area contributed by atoms with Gasteiger partial charge in [-0.05, 0) is 44.2 Å². The summed E-state index contributed by atoms with van der Waals surface area (Å²) in [6.45, 7) is 3.66. The summed E-state index contributed by atoms with van der Waals surface area (Å²) in [5.41, 5.74) is 3.78. The summed E-state index contributed by atoms with van der Waals surface area (Å²) in [4.78, 5) is 24.8. The van der Waals surface area contributed by atoms with E-state index in [1.807, 2.05) is 48.9 Å². The molecule has 2 heterocycles. The quantitative estimate of drug-likeness (QED) is 0.805. The van der Waals surface area contributed by atoms with Crippen molar-refractivity contribution in [3.8, 4) is 5.69 Å². The summed E-state index contributed by atoms with van der Waals surface area (Å²) >= 11 is 0. The molecule has 1 aromatic carbocycles. The maximum absolute atomic E-state index is 12.1. The minimum atomic E-state index is -0.434. The Morgan fingerprint density at radius 1 is 1.17 bits per heavy atom. The summed E-state index contributed by atoms with van der Waals surface area (Å²) < 4.78 is 1.84. The van der Waals surface area contributed by atoms with E-state index in [2.05, 4.69) is 10.4 Å². The number of rotatable bonds is 5. The van der Waals surface area contributed by atoms with Gasteiger partial charge < -0.3 is 10.4 Å². The lowest BCUT2D eigenvalue weighted by molar-refractivity contribution is -0.137. The van der Waals surface area contributed by atoms with Crippen molar-refractivity contribution in [2.24, 2.45) is 0 Å². The summed E-state index contributed by atoms with van der Waals surface area (Å²) in [5, 5.41) is 16.3. The Morgan fingerprint density at radius 3 is 2.46 bits per heavy atom. The summed E-state index contributed by atoms with van der Waals surface area (Å²) in [7, 11) is 0. The molecule has 0 aliphatic carbocycles. The van der Waals surface area contributed by atoms with Crippen LogP contribution in [0.2, 0.25) is 0 Å². The van der Waals surface area contributed by atoms with Crippen molar-refractivity contribution < 1.29 is 14.7 Å². The lowest BCUT2D eigenvalue weighted by Gasteiger charge is -2.13. The van der Waals surface area contributed by atoms with Crippen LogP contribution in [0.15, 0.2) is 42.1 Å². The Labute approximate surface area is 139 Å². The standard InChI is InChI=1S/C17H18N4O3/c1-11-9-12(2)21(19-11)14-5-3-13(4-6-14)18-15-10-16(23)20(7-8-22)17(15)24/h3-6,9-10,18,22H,7-8H2,1-2H3. The Bertz CT molecular complexity index is 821. The van der Waals surface area contributed by atoms with Crippen LogP contribution in [0.4, 0.5) is 5.69 Å². The molecule has 0 atom stereocenters. The molecule has 0 saturated heterocycles. The van der Waals surface area contributed by atoms with Crippen molar-refractivity contribution in [2.75, 3.05) is 18.5 Å². The third kappa shape index (κ3) is 2.93. The highest BCUT2D eigenvalue weighted by Crippen LogP contribution is 2.19. The number of aromatic nitrogens is 2. The summed E-state index contributed by atoms with van der Waals surface area (Å²) in [6.07, 6.45) is 1.24. The molecule has 0 bridgehead atoms. The Morgan fingerprint density at radius 2 is 1.88 bits per heavy atom. The van der Waals surface area contributed by atoms with E-state index in [0.29, 0.717) is 5.69 Å². The lowest BCUT2D eigenvalue weighted by atomic mass is 10.2. The maximum Gasteiger partial charge on any atom is 0.277 e. The first-order valence-electron chi connectivity index (χ1n) is 7.58. The van der Waals surface area contributed by atoms with Crippen molar-refractivity contribution in [1.82, 2.24) is 14.7 Å². The Kier molecular flexibility index (Phi) is 4.18. The third-order valence-electron chi connectivity index (χ3n) is 3.73. The van der Waals surface area contributed by atoms with E-state index in [9.17, 15) is 9.59 Å². The fourth-order valence-electron chi connectivity index (χ4n) is 2.64. The number of hydrogen-bond acceptors (Lipinski definition) is 5. The van der Waals surface area contributed by atoms with Crippen LogP contribution in [-0.2, 0) is 9.59 Å². The van der Waals surface area contributed by atoms with Gasteiger partial charge in [-0.1, -0.05) is 0 Å². The largest absolute Gasteiger partial charge is 0.395 e. The zero-order chi connectivity index (χ0) is 17.3. The maximum atomic E-state index is 12.1. The van der Waals surface area contributed by atoms with Crippen molar-refractivity contribution in [1.29, 1.82) is 0 Å². The number of carbonyl (C=O) groups is 2. The molecule has 2 N–H and O–H groups in total. The van der Waals surface area contributed by atoms with Crippen molar-refractivity contribution >= 4 is 17.5 Å². The fourth-order valence-corrected chi connectivity index (χ4v) is 2.64. The number of nitrogens with zero attached hydrogens (tertiary/aromatic N) is 3. The molecule has 1 aliphatic heterocycles. The smallest absolute Gasteiger partial charge is 0.277 e. The number of aliphatic hydroxyl groups is 1. The summed E-state index contributed by atoms with van der Waals surface area (Å²) in [6, 6.07) is 9.40. The van der Waals surface area contributed by atoms with E-state index in [-0.39, 0.29) is 18.8 Å². The van der Waals surface area contributed by atoms with Crippen LogP contribution < -0.4 is 5.32 Å². The number of benzene rings is 1. The van der Waals surface area contributed by atoms with Crippen molar-refractivity contribution in [2.45, 2.75) is 13.8 Å². The third-order valence-corrected chi connectivity index (χ3v) is 3.73. The van der Waals surface area contributed by atoms with Crippen LogP contribution in [-0.4, -0.2) is 44.8 Å². The molecule has 7 heteroatoms. The van der Waals surface area contributed by atoms with E-state index >= 15 is 0 Å². The first kappa shape index (κ1) is 15.9. The van der Waals surface area contributed by atoms with Gasteiger partial charge in [0, 0.05) is 17.5 Å². The number of carbonyl (C=O) groups excluding carboxylic acids is 2. The molecular weight excluding hydrogens is 308 g/mol. The van der Waals surface area contributed by atoms with Crippen LogP contribution in [0.25, 0.3) is 5.69 Å². The van der Waals surface area contributed by atoms with Crippen LogP contribution in [0.1, 0.15) is 11.4 Å².